The molecule has 0 spiro atoms. The number of hydrogen-bond acceptors (Lipinski definition) is 5. The van der Waals surface area contributed by atoms with Gasteiger partial charge in [0.05, 0.1) is 17.4 Å². The minimum absolute atomic E-state index is 0.00825. The van der Waals surface area contributed by atoms with Gasteiger partial charge < -0.3 is 10.1 Å². The Kier molecular flexibility index (Phi) is 6.85. The van der Waals surface area contributed by atoms with Crippen LogP contribution < -0.4 is 14.8 Å². The van der Waals surface area contributed by atoms with Crippen molar-refractivity contribution in [3.05, 3.63) is 84.2 Å². The molecule has 0 unspecified atom stereocenters. The van der Waals surface area contributed by atoms with E-state index in [4.69, 9.17) is 10.00 Å². The highest BCUT2D eigenvalue weighted by atomic mass is 32.2. The fourth-order valence-electron chi connectivity index (χ4n) is 2.59. The van der Waals surface area contributed by atoms with Gasteiger partial charge in [-0.3, -0.25) is 9.52 Å². The number of benzene rings is 3. The van der Waals surface area contributed by atoms with Crippen LogP contribution >= 0.6 is 0 Å². The van der Waals surface area contributed by atoms with Crippen molar-refractivity contribution in [2.24, 2.45) is 0 Å². The van der Waals surface area contributed by atoms with Crippen LogP contribution in [0.4, 0.5) is 15.8 Å². The molecule has 3 rings (SSSR count). The number of carbonyl (C=O) groups is 1. The molecule has 3 aromatic rings. The van der Waals surface area contributed by atoms with Crippen molar-refractivity contribution < 1.29 is 22.3 Å². The minimum atomic E-state index is -3.85. The van der Waals surface area contributed by atoms with E-state index in [9.17, 15) is 17.6 Å². The van der Waals surface area contributed by atoms with Gasteiger partial charge in [0.15, 0.2) is 6.61 Å². The number of halogens is 1. The van der Waals surface area contributed by atoms with Crippen molar-refractivity contribution >= 4 is 27.3 Å². The molecular formula is C22H18FN3O4S. The van der Waals surface area contributed by atoms with E-state index >= 15 is 0 Å². The van der Waals surface area contributed by atoms with Gasteiger partial charge in [0.25, 0.3) is 15.9 Å². The van der Waals surface area contributed by atoms with Crippen molar-refractivity contribution in [3.63, 3.8) is 0 Å². The van der Waals surface area contributed by atoms with Gasteiger partial charge in [-0.15, -0.1) is 0 Å². The summed E-state index contributed by atoms with van der Waals surface area (Å²) in [5, 5.41) is 11.3. The molecule has 0 heterocycles. The molecule has 0 radical (unpaired) electrons. The summed E-state index contributed by atoms with van der Waals surface area (Å²) in [6, 6.07) is 19.4. The molecule has 0 aromatic heterocycles. The van der Waals surface area contributed by atoms with E-state index in [1.54, 1.807) is 24.3 Å². The number of nitrogens with zero attached hydrogens (tertiary/aromatic N) is 1. The second-order valence-electron chi connectivity index (χ2n) is 6.45. The lowest BCUT2D eigenvalue weighted by atomic mass is 10.1. The first-order valence-electron chi connectivity index (χ1n) is 9.13. The predicted molar refractivity (Wildman–Crippen MR) is 114 cm³/mol. The summed E-state index contributed by atoms with van der Waals surface area (Å²) in [6.07, 6.45) is 0.294. The number of carbonyl (C=O) groups excluding carboxylic acids is 1. The van der Waals surface area contributed by atoms with Crippen molar-refractivity contribution in [2.75, 3.05) is 16.6 Å². The Morgan fingerprint density at radius 3 is 2.16 bits per heavy atom. The lowest BCUT2D eigenvalue weighted by Gasteiger charge is -2.10. The van der Waals surface area contributed by atoms with Gasteiger partial charge in [-0.25, -0.2) is 12.8 Å². The maximum atomic E-state index is 13.0. The standard InChI is InChI=1S/C22H18FN3O4S/c23-17-3-7-19(8-4-17)26-31(28,29)21-11-9-20(10-12-21)30-15-22(27)25-18-5-1-16(2-6-18)13-14-24/h1-12,26H,13,15H2,(H,25,27). The Morgan fingerprint density at radius 2 is 1.55 bits per heavy atom. The second kappa shape index (κ2) is 9.73. The first-order valence-corrected chi connectivity index (χ1v) is 10.6. The van der Waals surface area contributed by atoms with Gasteiger partial charge in [0, 0.05) is 11.4 Å². The zero-order valence-electron chi connectivity index (χ0n) is 16.2. The van der Waals surface area contributed by atoms with E-state index in [1.165, 1.54) is 36.4 Å². The van der Waals surface area contributed by atoms with E-state index in [-0.39, 0.29) is 23.1 Å². The molecule has 2 N–H and O–H groups in total. The maximum absolute atomic E-state index is 13.0. The van der Waals surface area contributed by atoms with Crippen molar-refractivity contribution in [3.8, 4) is 11.8 Å². The number of rotatable bonds is 8. The third kappa shape index (κ3) is 6.29. The van der Waals surface area contributed by atoms with Crippen LogP contribution in [0.15, 0.2) is 77.7 Å². The predicted octanol–water partition coefficient (Wildman–Crippen LogP) is 3.71. The van der Waals surface area contributed by atoms with E-state index in [0.29, 0.717) is 17.9 Å². The molecular weight excluding hydrogens is 421 g/mol. The van der Waals surface area contributed by atoms with Gasteiger partial charge in [-0.2, -0.15) is 5.26 Å². The van der Waals surface area contributed by atoms with Crippen molar-refractivity contribution in [1.82, 2.24) is 0 Å². The first kappa shape index (κ1) is 21.8. The Bertz CT molecular complexity index is 1190. The van der Waals surface area contributed by atoms with Crippen LogP contribution in [0.25, 0.3) is 0 Å². The molecule has 0 fully saturated rings. The molecule has 0 atom stereocenters. The fourth-order valence-corrected chi connectivity index (χ4v) is 3.65. The SMILES string of the molecule is N#CCc1ccc(NC(=O)COc2ccc(S(=O)(=O)Nc3ccc(F)cc3)cc2)cc1. The molecule has 0 aliphatic heterocycles. The lowest BCUT2D eigenvalue weighted by Crippen LogP contribution is -2.20. The summed E-state index contributed by atoms with van der Waals surface area (Å²) >= 11 is 0. The van der Waals surface area contributed by atoms with Crippen LogP contribution in [0, 0.1) is 17.1 Å². The van der Waals surface area contributed by atoms with E-state index in [0.717, 1.165) is 17.7 Å². The summed E-state index contributed by atoms with van der Waals surface area (Å²) < 4.78 is 45.5. The highest BCUT2D eigenvalue weighted by Crippen LogP contribution is 2.20. The van der Waals surface area contributed by atoms with Gasteiger partial charge >= 0.3 is 0 Å². The molecule has 0 saturated heterocycles. The number of nitriles is 1. The van der Waals surface area contributed by atoms with Crippen molar-refractivity contribution in [1.29, 1.82) is 5.26 Å². The fraction of sp³-hybridized carbons (Fsp3) is 0.0909. The van der Waals surface area contributed by atoms with Gasteiger partial charge in [0.2, 0.25) is 0 Å². The van der Waals surface area contributed by atoms with Gasteiger partial charge in [-0.05, 0) is 66.2 Å². The second-order valence-corrected chi connectivity index (χ2v) is 8.13. The molecule has 158 valence electrons. The molecule has 1 amide bonds. The zero-order chi connectivity index (χ0) is 22.3. The highest BCUT2D eigenvalue weighted by molar-refractivity contribution is 7.92. The van der Waals surface area contributed by atoms with Crippen LogP contribution in [0.2, 0.25) is 0 Å². The van der Waals surface area contributed by atoms with Crippen LogP contribution in [0.5, 0.6) is 5.75 Å². The first-order chi connectivity index (χ1) is 14.9. The molecule has 0 bridgehead atoms. The largest absolute Gasteiger partial charge is 0.484 e. The summed E-state index contributed by atoms with van der Waals surface area (Å²) in [7, 11) is -3.85. The van der Waals surface area contributed by atoms with Gasteiger partial charge in [0.1, 0.15) is 11.6 Å². The van der Waals surface area contributed by atoms with Crippen molar-refractivity contribution in [2.45, 2.75) is 11.3 Å². The van der Waals surface area contributed by atoms with Gasteiger partial charge in [-0.1, -0.05) is 12.1 Å². The molecule has 31 heavy (non-hydrogen) atoms. The van der Waals surface area contributed by atoms with Crippen LogP contribution in [0.1, 0.15) is 5.56 Å². The minimum Gasteiger partial charge on any atom is -0.484 e. The number of sulfonamides is 1. The Balaban J connectivity index is 1.54. The third-order valence-corrected chi connectivity index (χ3v) is 5.52. The molecule has 7 nitrogen and oxygen atoms in total. The van der Waals surface area contributed by atoms with Crippen LogP contribution in [-0.4, -0.2) is 20.9 Å². The monoisotopic (exact) mass is 439 g/mol. The molecule has 9 heteroatoms. The normalized spacial score (nSPS) is 10.7. The van der Waals surface area contributed by atoms with E-state index < -0.39 is 15.8 Å². The third-order valence-electron chi connectivity index (χ3n) is 4.12. The molecule has 3 aromatic carbocycles. The topological polar surface area (TPSA) is 108 Å². The number of anilines is 2. The summed E-state index contributed by atoms with van der Waals surface area (Å²) in [4.78, 5) is 12.0. The smallest absolute Gasteiger partial charge is 0.262 e. The Labute approximate surface area is 179 Å². The molecule has 0 saturated carbocycles. The lowest BCUT2D eigenvalue weighted by molar-refractivity contribution is -0.118. The number of hydrogen-bond donors (Lipinski definition) is 2. The zero-order valence-corrected chi connectivity index (χ0v) is 17.0. The van der Waals surface area contributed by atoms with E-state index in [2.05, 4.69) is 10.0 Å². The summed E-state index contributed by atoms with van der Waals surface area (Å²) in [5.41, 5.74) is 1.66. The average molecular weight is 439 g/mol. The number of nitrogens with one attached hydrogen (secondary N) is 2. The molecule has 0 aliphatic carbocycles. The number of amides is 1. The Morgan fingerprint density at radius 1 is 0.935 bits per heavy atom. The number of ether oxygens (including phenoxy) is 1. The average Bonchev–Trinajstić information content (AvgIpc) is 2.76. The highest BCUT2D eigenvalue weighted by Gasteiger charge is 2.14. The maximum Gasteiger partial charge on any atom is 0.262 e. The summed E-state index contributed by atoms with van der Waals surface area (Å²) in [5.74, 6) is -0.535. The molecule has 0 aliphatic rings. The van der Waals surface area contributed by atoms with Crippen LogP contribution in [-0.2, 0) is 21.2 Å². The van der Waals surface area contributed by atoms with E-state index in [1.807, 2.05) is 6.07 Å². The Hall–Kier alpha value is -3.90. The quantitative estimate of drug-likeness (QED) is 0.556. The van der Waals surface area contributed by atoms with Crippen LogP contribution in [0.3, 0.4) is 0 Å². The summed E-state index contributed by atoms with van der Waals surface area (Å²) in [6.45, 7) is -0.264.